The molecule has 6 nitrogen and oxygen atoms in total. The average molecular weight is 429 g/mol. The van der Waals surface area contributed by atoms with Crippen LogP contribution in [0.2, 0.25) is 5.15 Å². The summed E-state index contributed by atoms with van der Waals surface area (Å²) < 4.78 is 10.6. The highest BCUT2D eigenvalue weighted by molar-refractivity contribution is 6.31. The zero-order chi connectivity index (χ0) is 22.0. The number of benzene rings is 1. The summed E-state index contributed by atoms with van der Waals surface area (Å²) in [7, 11) is 0. The van der Waals surface area contributed by atoms with Gasteiger partial charge in [0, 0.05) is 22.3 Å². The minimum Gasteiger partial charge on any atom is -0.463 e. The summed E-state index contributed by atoms with van der Waals surface area (Å²) in [6, 6.07) is 7.70. The highest BCUT2D eigenvalue weighted by Gasteiger charge is 2.39. The van der Waals surface area contributed by atoms with Crippen LogP contribution in [0.25, 0.3) is 10.9 Å². The Kier molecular flexibility index (Phi) is 6.46. The Balaban J connectivity index is 2.29. The van der Waals surface area contributed by atoms with E-state index in [-0.39, 0.29) is 18.4 Å². The molecular weight excluding hydrogens is 404 g/mol. The van der Waals surface area contributed by atoms with Crippen LogP contribution in [0, 0.1) is 6.92 Å². The van der Waals surface area contributed by atoms with Crippen LogP contribution >= 0.6 is 11.6 Å². The molecule has 0 saturated heterocycles. The number of carbonyl (C=O) groups excluding carboxylic acids is 2. The number of dihydropyridines is 1. The van der Waals surface area contributed by atoms with Gasteiger partial charge in [-0.25, -0.2) is 14.6 Å². The molecule has 0 aliphatic carbocycles. The van der Waals surface area contributed by atoms with E-state index in [4.69, 9.17) is 21.1 Å². The topological polar surface area (TPSA) is 77.5 Å². The van der Waals surface area contributed by atoms with Gasteiger partial charge in [-0.3, -0.25) is 0 Å². The first-order valence-corrected chi connectivity index (χ1v) is 10.3. The number of aryl methyl sites for hydroxylation is 1. The van der Waals surface area contributed by atoms with Crippen LogP contribution in [-0.2, 0) is 19.1 Å². The minimum atomic E-state index is -0.755. The molecule has 158 valence electrons. The Bertz CT molecular complexity index is 1050. The molecule has 0 atom stereocenters. The van der Waals surface area contributed by atoms with Crippen molar-refractivity contribution in [3.05, 3.63) is 63.1 Å². The lowest BCUT2D eigenvalue weighted by molar-refractivity contribution is -0.139. The van der Waals surface area contributed by atoms with Gasteiger partial charge in [0.05, 0.1) is 35.8 Å². The molecule has 1 aromatic carbocycles. The summed E-state index contributed by atoms with van der Waals surface area (Å²) in [4.78, 5) is 30.4. The minimum absolute atomic E-state index is 0.211. The maximum Gasteiger partial charge on any atom is 0.336 e. The van der Waals surface area contributed by atoms with Crippen molar-refractivity contribution in [3.8, 4) is 0 Å². The number of allylic oxidation sites excluding steroid dienone is 2. The van der Waals surface area contributed by atoms with Gasteiger partial charge < -0.3 is 14.8 Å². The van der Waals surface area contributed by atoms with Crippen molar-refractivity contribution in [2.24, 2.45) is 0 Å². The van der Waals surface area contributed by atoms with E-state index in [1.807, 2.05) is 31.2 Å². The molecule has 7 heteroatoms. The van der Waals surface area contributed by atoms with Gasteiger partial charge in [0.25, 0.3) is 0 Å². The number of carbonyl (C=O) groups is 2. The fourth-order valence-electron chi connectivity index (χ4n) is 3.81. The molecule has 0 saturated carbocycles. The van der Waals surface area contributed by atoms with Gasteiger partial charge in [-0.15, -0.1) is 0 Å². The molecular formula is C23H25ClN2O4. The lowest BCUT2D eigenvalue weighted by Crippen LogP contribution is -2.32. The van der Waals surface area contributed by atoms with Crippen molar-refractivity contribution in [3.63, 3.8) is 0 Å². The molecule has 1 aliphatic rings. The molecule has 2 heterocycles. The molecule has 0 bridgehead atoms. The fourth-order valence-corrected chi connectivity index (χ4v) is 4.06. The second-order valence-electron chi connectivity index (χ2n) is 7.09. The predicted molar refractivity (Wildman–Crippen MR) is 116 cm³/mol. The third-order valence-electron chi connectivity index (χ3n) is 5.09. The highest BCUT2D eigenvalue weighted by atomic mass is 35.5. The lowest BCUT2D eigenvalue weighted by atomic mass is 9.80. The molecule has 0 fully saturated rings. The standard InChI is InChI=1S/C23H25ClN2O4/c1-6-29-22(27)17-13(4)25-14(5)18(23(28)30-7-2)19(17)16-11-15-10-8-9-12(3)20(15)26-21(16)24/h8-11,19,25H,6-7H2,1-5H3. The van der Waals surface area contributed by atoms with Crippen LogP contribution in [0.4, 0.5) is 0 Å². The molecule has 2 aromatic rings. The number of hydrogen-bond donors (Lipinski definition) is 1. The number of pyridine rings is 1. The Morgan fingerprint density at radius 3 is 2.13 bits per heavy atom. The van der Waals surface area contributed by atoms with Crippen LogP contribution in [-0.4, -0.2) is 30.1 Å². The van der Waals surface area contributed by atoms with Gasteiger partial charge in [0.15, 0.2) is 0 Å². The third kappa shape index (κ3) is 3.92. The first-order valence-electron chi connectivity index (χ1n) is 9.88. The number of esters is 2. The monoisotopic (exact) mass is 428 g/mol. The van der Waals surface area contributed by atoms with Crippen LogP contribution in [0.3, 0.4) is 0 Å². The molecule has 1 aliphatic heterocycles. The second-order valence-corrected chi connectivity index (χ2v) is 7.45. The summed E-state index contributed by atoms with van der Waals surface area (Å²) in [5.74, 6) is -1.78. The van der Waals surface area contributed by atoms with E-state index in [2.05, 4.69) is 10.3 Å². The summed E-state index contributed by atoms with van der Waals surface area (Å²) in [5, 5.41) is 4.22. The largest absolute Gasteiger partial charge is 0.463 e. The van der Waals surface area contributed by atoms with Crippen LogP contribution < -0.4 is 5.32 Å². The zero-order valence-corrected chi connectivity index (χ0v) is 18.5. The SMILES string of the molecule is CCOC(=O)C1=C(C)NC(C)=C(C(=O)OCC)C1c1cc2cccc(C)c2nc1Cl. The number of para-hydroxylation sites is 1. The molecule has 0 radical (unpaired) electrons. The van der Waals surface area contributed by atoms with Crippen molar-refractivity contribution in [1.82, 2.24) is 10.3 Å². The molecule has 30 heavy (non-hydrogen) atoms. The van der Waals surface area contributed by atoms with E-state index in [9.17, 15) is 9.59 Å². The first-order chi connectivity index (χ1) is 14.3. The van der Waals surface area contributed by atoms with Gasteiger partial charge in [0.2, 0.25) is 0 Å². The van der Waals surface area contributed by atoms with Gasteiger partial charge >= 0.3 is 11.9 Å². The summed E-state index contributed by atoms with van der Waals surface area (Å²) in [6.07, 6.45) is 0. The number of halogens is 1. The maximum absolute atomic E-state index is 12.9. The van der Waals surface area contributed by atoms with E-state index in [1.54, 1.807) is 27.7 Å². The first kappa shape index (κ1) is 21.8. The number of nitrogens with one attached hydrogen (secondary N) is 1. The molecule has 3 rings (SSSR count). The maximum atomic E-state index is 12.9. The Labute approximate surface area is 180 Å². The van der Waals surface area contributed by atoms with Crippen molar-refractivity contribution >= 4 is 34.4 Å². The number of rotatable bonds is 5. The van der Waals surface area contributed by atoms with E-state index in [0.29, 0.717) is 28.1 Å². The number of fused-ring (bicyclic) bond motifs is 1. The summed E-state index contributed by atoms with van der Waals surface area (Å²) in [6.45, 7) is 9.40. The fraction of sp³-hybridized carbons (Fsp3) is 0.348. The number of nitrogens with zero attached hydrogens (tertiary/aromatic N) is 1. The molecule has 0 unspecified atom stereocenters. The van der Waals surface area contributed by atoms with Gasteiger partial charge in [-0.2, -0.15) is 0 Å². The molecule has 0 amide bonds. The van der Waals surface area contributed by atoms with Crippen LogP contribution in [0.1, 0.15) is 44.7 Å². The van der Waals surface area contributed by atoms with Crippen molar-refractivity contribution in [2.75, 3.05) is 13.2 Å². The quantitative estimate of drug-likeness (QED) is 0.555. The third-order valence-corrected chi connectivity index (χ3v) is 5.39. The van der Waals surface area contributed by atoms with Crippen molar-refractivity contribution < 1.29 is 19.1 Å². The average Bonchev–Trinajstić information content (AvgIpc) is 2.68. The van der Waals surface area contributed by atoms with E-state index >= 15 is 0 Å². The van der Waals surface area contributed by atoms with Crippen molar-refractivity contribution in [1.29, 1.82) is 0 Å². The molecule has 0 spiro atoms. The van der Waals surface area contributed by atoms with Crippen LogP contribution in [0.15, 0.2) is 46.8 Å². The summed E-state index contributed by atoms with van der Waals surface area (Å²) in [5.41, 5.74) is 4.16. The number of ether oxygens (including phenoxy) is 2. The summed E-state index contributed by atoms with van der Waals surface area (Å²) >= 11 is 6.62. The Morgan fingerprint density at radius 1 is 1.03 bits per heavy atom. The van der Waals surface area contributed by atoms with Gasteiger partial charge in [-0.1, -0.05) is 29.8 Å². The molecule has 1 aromatic heterocycles. The van der Waals surface area contributed by atoms with E-state index in [1.165, 1.54) is 0 Å². The van der Waals surface area contributed by atoms with Gasteiger partial charge in [-0.05, 0) is 46.2 Å². The van der Waals surface area contributed by atoms with Crippen molar-refractivity contribution in [2.45, 2.75) is 40.5 Å². The number of hydrogen-bond acceptors (Lipinski definition) is 6. The predicted octanol–water partition coefficient (Wildman–Crippen LogP) is 4.56. The van der Waals surface area contributed by atoms with Crippen LogP contribution in [0.5, 0.6) is 0 Å². The lowest BCUT2D eigenvalue weighted by Gasteiger charge is -2.30. The Morgan fingerprint density at radius 2 is 1.60 bits per heavy atom. The smallest absolute Gasteiger partial charge is 0.336 e. The highest BCUT2D eigenvalue weighted by Crippen LogP contribution is 2.42. The Hall–Kier alpha value is -2.86. The van der Waals surface area contributed by atoms with Gasteiger partial charge in [0.1, 0.15) is 5.15 Å². The normalized spacial score (nSPS) is 14.7. The number of aromatic nitrogens is 1. The second kappa shape index (κ2) is 8.88. The zero-order valence-electron chi connectivity index (χ0n) is 17.8. The van der Waals surface area contributed by atoms with E-state index < -0.39 is 17.9 Å². The molecule has 1 N–H and O–H groups in total. The van der Waals surface area contributed by atoms with E-state index in [0.717, 1.165) is 16.5 Å².